The standard InChI is InChI=1S/C17H28/c1-4-10-16-12-6-2-7-13-17(11-5-1)15-9-3-8-14-16/h4,10-11,16H,1-3,5-9,12-15H2. The molecule has 0 aliphatic heterocycles. The van der Waals surface area contributed by atoms with E-state index in [9.17, 15) is 0 Å². The van der Waals surface area contributed by atoms with Crippen LogP contribution >= 0.6 is 0 Å². The predicted octanol–water partition coefficient (Wildman–Crippen LogP) is 5.79. The van der Waals surface area contributed by atoms with Gasteiger partial charge in [0.25, 0.3) is 0 Å². The maximum absolute atomic E-state index is 2.54. The van der Waals surface area contributed by atoms with Crippen molar-refractivity contribution in [2.75, 3.05) is 0 Å². The van der Waals surface area contributed by atoms with E-state index in [2.05, 4.69) is 18.2 Å². The number of allylic oxidation sites excluding steroid dienone is 4. The molecule has 0 nitrogen and oxygen atoms in total. The molecule has 0 heteroatoms. The highest BCUT2D eigenvalue weighted by atomic mass is 14.1. The fourth-order valence-electron chi connectivity index (χ4n) is 3.21. The maximum Gasteiger partial charge on any atom is -0.0234 e. The molecule has 3 aliphatic rings. The summed E-state index contributed by atoms with van der Waals surface area (Å²) in [4.78, 5) is 0. The molecule has 0 aromatic carbocycles. The van der Waals surface area contributed by atoms with Crippen LogP contribution in [-0.2, 0) is 0 Å². The molecule has 0 amide bonds. The lowest BCUT2D eigenvalue weighted by atomic mass is 9.90. The Morgan fingerprint density at radius 2 is 1.47 bits per heavy atom. The Bertz CT molecular complexity index is 243. The van der Waals surface area contributed by atoms with Gasteiger partial charge in [-0.25, -0.2) is 0 Å². The van der Waals surface area contributed by atoms with Gasteiger partial charge in [-0.1, -0.05) is 49.5 Å². The third-order valence-electron chi connectivity index (χ3n) is 4.32. The zero-order valence-electron chi connectivity index (χ0n) is 11.3. The van der Waals surface area contributed by atoms with Gasteiger partial charge < -0.3 is 0 Å². The summed E-state index contributed by atoms with van der Waals surface area (Å²) in [6, 6.07) is 0. The van der Waals surface area contributed by atoms with Crippen molar-refractivity contribution in [3.8, 4) is 0 Å². The van der Waals surface area contributed by atoms with Gasteiger partial charge in [-0.2, -0.15) is 0 Å². The molecular weight excluding hydrogens is 204 g/mol. The Balaban J connectivity index is 2.03. The minimum absolute atomic E-state index is 0.886. The van der Waals surface area contributed by atoms with Crippen molar-refractivity contribution in [2.45, 2.75) is 77.0 Å². The Labute approximate surface area is 107 Å². The van der Waals surface area contributed by atoms with Crippen molar-refractivity contribution in [3.05, 3.63) is 23.8 Å². The average molecular weight is 232 g/mol. The lowest BCUT2D eigenvalue weighted by Crippen LogP contribution is -2.00. The molecule has 3 aliphatic carbocycles. The van der Waals surface area contributed by atoms with Crippen LogP contribution in [0.25, 0.3) is 0 Å². The van der Waals surface area contributed by atoms with Crippen molar-refractivity contribution < 1.29 is 0 Å². The summed E-state index contributed by atoms with van der Waals surface area (Å²) in [5, 5.41) is 0. The highest BCUT2D eigenvalue weighted by Crippen LogP contribution is 2.25. The molecule has 0 aromatic heterocycles. The fraction of sp³-hybridized carbons (Fsp3) is 0.765. The number of rotatable bonds is 0. The van der Waals surface area contributed by atoms with E-state index in [1.54, 1.807) is 5.57 Å². The first-order valence-electron chi connectivity index (χ1n) is 7.80. The van der Waals surface area contributed by atoms with Gasteiger partial charge in [0, 0.05) is 0 Å². The summed E-state index contributed by atoms with van der Waals surface area (Å²) in [5.74, 6) is 0.886. The van der Waals surface area contributed by atoms with E-state index in [0.29, 0.717) is 0 Å². The van der Waals surface area contributed by atoms with Gasteiger partial charge in [0.1, 0.15) is 0 Å². The van der Waals surface area contributed by atoms with E-state index in [1.165, 1.54) is 77.0 Å². The van der Waals surface area contributed by atoms with Gasteiger partial charge in [0.2, 0.25) is 0 Å². The highest BCUT2D eigenvalue weighted by Gasteiger charge is 2.08. The van der Waals surface area contributed by atoms with Crippen molar-refractivity contribution in [3.63, 3.8) is 0 Å². The molecule has 96 valence electrons. The van der Waals surface area contributed by atoms with Crippen molar-refractivity contribution in [1.29, 1.82) is 0 Å². The first-order chi connectivity index (χ1) is 8.45. The normalized spacial score (nSPS) is 28.2. The molecule has 0 N–H and O–H groups in total. The molecule has 0 saturated heterocycles. The molecule has 0 radical (unpaired) electrons. The summed E-state index contributed by atoms with van der Waals surface area (Å²) >= 11 is 0. The zero-order chi connectivity index (χ0) is 11.8. The average Bonchev–Trinajstić information content (AvgIpc) is 2.29. The Hall–Kier alpha value is -0.520. The van der Waals surface area contributed by atoms with Gasteiger partial charge in [-0.05, 0) is 57.3 Å². The molecule has 0 atom stereocenters. The lowest BCUT2D eigenvalue weighted by Gasteiger charge is -2.16. The monoisotopic (exact) mass is 232 g/mol. The zero-order valence-corrected chi connectivity index (χ0v) is 11.3. The van der Waals surface area contributed by atoms with Crippen molar-refractivity contribution in [1.82, 2.24) is 0 Å². The largest absolute Gasteiger partial charge is 0.0880 e. The van der Waals surface area contributed by atoms with Crippen LogP contribution in [0.4, 0.5) is 0 Å². The Morgan fingerprint density at radius 1 is 0.765 bits per heavy atom. The molecular formula is C17H28. The third-order valence-corrected chi connectivity index (χ3v) is 4.32. The van der Waals surface area contributed by atoms with Crippen LogP contribution in [-0.4, -0.2) is 0 Å². The van der Waals surface area contributed by atoms with Gasteiger partial charge in [-0.15, -0.1) is 0 Å². The lowest BCUT2D eigenvalue weighted by molar-refractivity contribution is 0.464. The van der Waals surface area contributed by atoms with Gasteiger partial charge in [-0.3, -0.25) is 0 Å². The first kappa shape index (κ1) is 12.9. The van der Waals surface area contributed by atoms with E-state index in [1.807, 2.05) is 0 Å². The molecule has 2 bridgehead atoms. The Morgan fingerprint density at radius 3 is 2.18 bits per heavy atom. The molecule has 3 rings (SSSR count). The molecule has 17 heavy (non-hydrogen) atoms. The van der Waals surface area contributed by atoms with Crippen molar-refractivity contribution >= 4 is 0 Å². The molecule has 0 aromatic rings. The van der Waals surface area contributed by atoms with E-state index >= 15 is 0 Å². The van der Waals surface area contributed by atoms with Crippen molar-refractivity contribution in [2.24, 2.45) is 5.92 Å². The second-order valence-electron chi connectivity index (χ2n) is 5.83. The smallest absolute Gasteiger partial charge is 0.0234 e. The number of hydrogen-bond donors (Lipinski definition) is 0. The van der Waals surface area contributed by atoms with Gasteiger partial charge in [0.15, 0.2) is 0 Å². The summed E-state index contributed by atoms with van der Waals surface area (Å²) in [6.07, 6.45) is 24.4. The van der Waals surface area contributed by atoms with E-state index in [-0.39, 0.29) is 0 Å². The minimum atomic E-state index is 0.886. The van der Waals surface area contributed by atoms with Crippen LogP contribution in [0, 0.1) is 5.92 Å². The van der Waals surface area contributed by atoms with Crippen LogP contribution in [0.3, 0.4) is 0 Å². The molecule has 0 heterocycles. The van der Waals surface area contributed by atoms with Crippen LogP contribution in [0.5, 0.6) is 0 Å². The summed E-state index contributed by atoms with van der Waals surface area (Å²) < 4.78 is 0. The second kappa shape index (κ2) is 7.74. The van der Waals surface area contributed by atoms with Crippen LogP contribution in [0.1, 0.15) is 77.0 Å². The molecule has 1 fully saturated rings. The number of fused-ring (bicyclic) bond motifs is 11. The second-order valence-corrected chi connectivity index (χ2v) is 5.83. The molecule has 0 spiro atoms. The van der Waals surface area contributed by atoms with E-state index in [4.69, 9.17) is 0 Å². The van der Waals surface area contributed by atoms with E-state index < -0.39 is 0 Å². The molecule has 0 unspecified atom stereocenters. The van der Waals surface area contributed by atoms with Gasteiger partial charge >= 0.3 is 0 Å². The topological polar surface area (TPSA) is 0 Å². The molecule has 1 saturated carbocycles. The first-order valence-corrected chi connectivity index (χ1v) is 7.80. The predicted molar refractivity (Wildman–Crippen MR) is 76.1 cm³/mol. The fourth-order valence-corrected chi connectivity index (χ4v) is 3.21. The number of hydrogen-bond acceptors (Lipinski definition) is 0. The maximum atomic E-state index is 2.54. The van der Waals surface area contributed by atoms with Crippen LogP contribution in [0.15, 0.2) is 23.8 Å². The summed E-state index contributed by atoms with van der Waals surface area (Å²) in [5.41, 5.74) is 1.76. The summed E-state index contributed by atoms with van der Waals surface area (Å²) in [6.45, 7) is 0. The third kappa shape index (κ3) is 5.10. The quantitative estimate of drug-likeness (QED) is 0.463. The minimum Gasteiger partial charge on any atom is -0.0880 e. The highest BCUT2D eigenvalue weighted by molar-refractivity contribution is 5.03. The Kier molecular flexibility index (Phi) is 5.88. The van der Waals surface area contributed by atoms with Gasteiger partial charge in [0.05, 0.1) is 0 Å². The van der Waals surface area contributed by atoms with E-state index in [0.717, 1.165) is 5.92 Å². The van der Waals surface area contributed by atoms with Crippen LogP contribution in [0.2, 0.25) is 0 Å². The summed E-state index contributed by atoms with van der Waals surface area (Å²) in [7, 11) is 0. The van der Waals surface area contributed by atoms with Crippen LogP contribution < -0.4 is 0 Å². The SMILES string of the molecule is C1=CC2CCCCCC(=CCC1)CCCCC2.